The largest absolute Gasteiger partial charge is 0.493 e. The lowest BCUT2D eigenvalue weighted by Crippen LogP contribution is -2.36. The molecule has 3 rings (SSSR count). The van der Waals surface area contributed by atoms with Crippen LogP contribution < -0.4 is 14.8 Å². The lowest BCUT2D eigenvalue weighted by Gasteiger charge is -2.15. The van der Waals surface area contributed by atoms with Crippen molar-refractivity contribution < 1.29 is 33.4 Å². The smallest absolute Gasteiger partial charge is 0.339 e. The van der Waals surface area contributed by atoms with Crippen molar-refractivity contribution in [1.82, 2.24) is 4.90 Å². The number of ether oxygens (including phenoxy) is 3. The minimum atomic E-state index is -0.614. The van der Waals surface area contributed by atoms with Crippen LogP contribution in [0.4, 0.5) is 10.5 Å². The van der Waals surface area contributed by atoms with E-state index in [0.717, 1.165) is 23.1 Å². The average molecular weight is 561 g/mol. The van der Waals surface area contributed by atoms with Gasteiger partial charge in [-0.3, -0.25) is 19.3 Å². The van der Waals surface area contributed by atoms with Crippen molar-refractivity contribution in [2.75, 3.05) is 25.6 Å². The van der Waals surface area contributed by atoms with Gasteiger partial charge in [-0.2, -0.15) is 0 Å². The molecule has 2 aromatic rings. The van der Waals surface area contributed by atoms with E-state index in [1.807, 2.05) is 20.8 Å². The lowest BCUT2D eigenvalue weighted by atomic mass is 10.1. The number of nitrogens with one attached hydrogen (secondary N) is 1. The Kier molecular flexibility index (Phi) is 10.2. The summed E-state index contributed by atoms with van der Waals surface area (Å²) in [5.74, 6) is -0.739. The van der Waals surface area contributed by atoms with E-state index < -0.39 is 29.6 Å². The summed E-state index contributed by atoms with van der Waals surface area (Å²) in [6.07, 6.45) is 3.05. The monoisotopic (exact) mass is 560 g/mol. The van der Waals surface area contributed by atoms with E-state index in [0.29, 0.717) is 23.5 Å². The molecule has 11 heteroatoms. The van der Waals surface area contributed by atoms with Crippen LogP contribution in [0.15, 0.2) is 41.3 Å². The SMILES string of the molecule is CCCOC(=O)c1cc(NC(=O)CN2C(=O)S/C(=C\c3ccc(O[C@H](C)CC)c(OC)c3)C2=O)ccc1Cl. The number of carbonyl (C=O) groups excluding carboxylic acids is 4. The van der Waals surface area contributed by atoms with Gasteiger partial charge < -0.3 is 19.5 Å². The summed E-state index contributed by atoms with van der Waals surface area (Å²) in [6.45, 7) is 5.57. The molecule has 1 fully saturated rings. The van der Waals surface area contributed by atoms with E-state index in [4.69, 9.17) is 25.8 Å². The Balaban J connectivity index is 1.69. The van der Waals surface area contributed by atoms with Crippen molar-refractivity contribution >= 4 is 58.1 Å². The molecule has 0 spiro atoms. The third-order valence-electron chi connectivity index (χ3n) is 5.47. The Bertz CT molecular complexity index is 1260. The highest BCUT2D eigenvalue weighted by molar-refractivity contribution is 8.18. The number of nitrogens with zero attached hydrogens (tertiary/aromatic N) is 1. The fourth-order valence-corrected chi connectivity index (χ4v) is 4.37. The van der Waals surface area contributed by atoms with Gasteiger partial charge >= 0.3 is 5.97 Å². The minimum absolute atomic E-state index is 0.00624. The topological polar surface area (TPSA) is 111 Å². The average Bonchev–Trinajstić information content (AvgIpc) is 3.16. The summed E-state index contributed by atoms with van der Waals surface area (Å²) < 4.78 is 16.4. The molecule has 1 saturated heterocycles. The van der Waals surface area contributed by atoms with E-state index in [2.05, 4.69) is 5.32 Å². The van der Waals surface area contributed by atoms with Crippen molar-refractivity contribution in [3.63, 3.8) is 0 Å². The molecule has 0 unspecified atom stereocenters. The summed E-state index contributed by atoms with van der Waals surface area (Å²) in [7, 11) is 1.52. The Morgan fingerprint density at radius 2 is 1.89 bits per heavy atom. The first kappa shape index (κ1) is 29.1. The summed E-state index contributed by atoms with van der Waals surface area (Å²) in [5.41, 5.74) is 1.01. The number of esters is 1. The first-order chi connectivity index (χ1) is 18.2. The summed E-state index contributed by atoms with van der Waals surface area (Å²) in [4.78, 5) is 51.3. The maximum absolute atomic E-state index is 12.9. The second kappa shape index (κ2) is 13.3. The van der Waals surface area contributed by atoms with Crippen LogP contribution in [-0.2, 0) is 14.3 Å². The second-order valence-electron chi connectivity index (χ2n) is 8.39. The number of methoxy groups -OCH3 is 1. The molecule has 1 heterocycles. The lowest BCUT2D eigenvalue weighted by molar-refractivity contribution is -0.127. The van der Waals surface area contributed by atoms with E-state index in [1.165, 1.54) is 25.3 Å². The Labute approximate surface area is 230 Å². The minimum Gasteiger partial charge on any atom is -0.493 e. The molecule has 0 aliphatic carbocycles. The molecular formula is C27H29ClN2O7S. The quantitative estimate of drug-likeness (QED) is 0.272. The number of hydrogen-bond donors (Lipinski definition) is 1. The first-order valence-electron chi connectivity index (χ1n) is 12.0. The van der Waals surface area contributed by atoms with E-state index >= 15 is 0 Å². The molecule has 3 amide bonds. The molecule has 1 aliphatic rings. The summed E-state index contributed by atoms with van der Waals surface area (Å²) in [5, 5.41) is 2.19. The van der Waals surface area contributed by atoms with Crippen LogP contribution in [0, 0.1) is 0 Å². The highest BCUT2D eigenvalue weighted by atomic mass is 35.5. The zero-order valence-corrected chi connectivity index (χ0v) is 23.1. The van der Waals surface area contributed by atoms with Gasteiger partial charge in [-0.15, -0.1) is 0 Å². The predicted molar refractivity (Wildman–Crippen MR) is 147 cm³/mol. The van der Waals surface area contributed by atoms with Gasteiger partial charge in [0, 0.05) is 5.69 Å². The summed E-state index contributed by atoms with van der Waals surface area (Å²) >= 11 is 6.83. The number of rotatable bonds is 11. The number of carbonyl (C=O) groups is 4. The van der Waals surface area contributed by atoms with Gasteiger partial charge in [-0.1, -0.05) is 31.5 Å². The number of amides is 3. The standard InChI is InChI=1S/C27H29ClN2O7S/c1-5-11-36-26(33)19-14-18(8-9-20(19)28)29-24(31)15-30-25(32)23(38-27(30)34)13-17-7-10-21(22(12-17)35-4)37-16(3)6-2/h7-10,12-14,16H,5-6,11,15H2,1-4H3,(H,29,31)/b23-13-/t16-/m1/s1. The van der Waals surface area contributed by atoms with Crippen molar-refractivity contribution in [3.05, 3.63) is 57.5 Å². The van der Waals surface area contributed by atoms with E-state index in [9.17, 15) is 19.2 Å². The molecule has 0 aromatic heterocycles. The van der Waals surface area contributed by atoms with Gasteiger partial charge in [0.15, 0.2) is 11.5 Å². The highest BCUT2D eigenvalue weighted by Crippen LogP contribution is 2.35. The first-order valence-corrected chi connectivity index (χ1v) is 13.2. The summed E-state index contributed by atoms with van der Waals surface area (Å²) in [6, 6.07) is 9.55. The van der Waals surface area contributed by atoms with Crippen molar-refractivity contribution in [2.24, 2.45) is 0 Å². The highest BCUT2D eigenvalue weighted by Gasteiger charge is 2.36. The Hall–Kier alpha value is -3.50. The maximum Gasteiger partial charge on any atom is 0.339 e. The van der Waals surface area contributed by atoms with Gasteiger partial charge in [0.2, 0.25) is 5.91 Å². The van der Waals surface area contributed by atoms with E-state index in [-0.39, 0.29) is 33.9 Å². The van der Waals surface area contributed by atoms with Crippen LogP contribution >= 0.6 is 23.4 Å². The molecule has 1 N–H and O–H groups in total. The van der Waals surface area contributed by atoms with Crippen LogP contribution in [0.1, 0.15) is 49.5 Å². The molecule has 202 valence electrons. The third kappa shape index (κ3) is 7.29. The van der Waals surface area contributed by atoms with Crippen LogP contribution in [0.3, 0.4) is 0 Å². The second-order valence-corrected chi connectivity index (χ2v) is 9.79. The van der Waals surface area contributed by atoms with Crippen LogP contribution in [-0.4, -0.2) is 54.3 Å². The van der Waals surface area contributed by atoms with Crippen molar-refractivity contribution in [2.45, 2.75) is 39.7 Å². The fourth-order valence-electron chi connectivity index (χ4n) is 3.34. The van der Waals surface area contributed by atoms with Crippen molar-refractivity contribution in [1.29, 1.82) is 0 Å². The number of anilines is 1. The van der Waals surface area contributed by atoms with Gasteiger partial charge in [0.25, 0.3) is 11.1 Å². The maximum atomic E-state index is 12.9. The number of benzene rings is 2. The fraction of sp³-hybridized carbons (Fsp3) is 0.333. The molecule has 2 aromatic carbocycles. The van der Waals surface area contributed by atoms with Gasteiger partial charge in [-0.05, 0) is 73.5 Å². The zero-order chi connectivity index (χ0) is 27.8. The van der Waals surface area contributed by atoms with Gasteiger partial charge in [-0.25, -0.2) is 4.79 Å². The van der Waals surface area contributed by atoms with Crippen LogP contribution in [0.2, 0.25) is 5.02 Å². The molecule has 1 atom stereocenters. The van der Waals surface area contributed by atoms with Crippen LogP contribution in [0.25, 0.3) is 6.08 Å². The number of imide groups is 1. The Morgan fingerprint density at radius 3 is 2.58 bits per heavy atom. The number of thioether (sulfide) groups is 1. The molecule has 9 nitrogen and oxygen atoms in total. The molecule has 1 aliphatic heterocycles. The zero-order valence-electron chi connectivity index (χ0n) is 21.5. The molecule has 0 saturated carbocycles. The van der Waals surface area contributed by atoms with Crippen LogP contribution in [0.5, 0.6) is 11.5 Å². The van der Waals surface area contributed by atoms with Crippen molar-refractivity contribution in [3.8, 4) is 11.5 Å². The Morgan fingerprint density at radius 1 is 1.13 bits per heavy atom. The van der Waals surface area contributed by atoms with Gasteiger partial charge in [0.05, 0.1) is 35.3 Å². The molecule has 0 bridgehead atoms. The molecule has 38 heavy (non-hydrogen) atoms. The van der Waals surface area contributed by atoms with E-state index in [1.54, 1.807) is 24.3 Å². The molecular weight excluding hydrogens is 532 g/mol. The number of halogens is 1. The number of hydrogen-bond acceptors (Lipinski definition) is 8. The predicted octanol–water partition coefficient (Wildman–Crippen LogP) is 5.77. The van der Waals surface area contributed by atoms with Gasteiger partial charge in [0.1, 0.15) is 6.54 Å². The third-order valence-corrected chi connectivity index (χ3v) is 6.71. The normalized spacial score (nSPS) is 15.0. The molecule has 0 radical (unpaired) electrons.